The molecule has 1 aromatic carbocycles. The first-order chi connectivity index (χ1) is 8.40. The van der Waals surface area contributed by atoms with Crippen molar-refractivity contribution >= 4 is 0 Å². The smallest absolute Gasteiger partial charge is 0.160 e. The number of phenols is 1. The lowest BCUT2D eigenvalue weighted by atomic mass is 10.3. The maximum absolute atomic E-state index is 9.53. The first-order valence-corrected chi connectivity index (χ1v) is 2.38. The highest BCUT2D eigenvalue weighted by atomic mass is 16.5. The molecule has 0 spiro atoms. The molecule has 0 saturated carbocycles. The third kappa shape index (κ3) is 1.41. The summed E-state index contributed by atoms with van der Waals surface area (Å²) in [6, 6.07) is -3.19. The predicted octanol–water partition coefficient (Wildman–Crippen LogP) is 1.79. The first-order valence-electron chi connectivity index (χ1n) is 6.88. The van der Waals surface area contributed by atoms with Crippen LogP contribution in [0.25, 0.3) is 0 Å². The summed E-state index contributed by atoms with van der Waals surface area (Å²) in [5, 5.41) is 9.53. The Balaban J connectivity index is 3.39. The Bertz CT molecular complexity index is 479. The first kappa shape index (κ1) is 1.70. The number of ether oxygens (including phenoxy) is 1. The molecule has 0 aliphatic heterocycles. The van der Waals surface area contributed by atoms with Crippen LogP contribution in [0, 0.1) is 0 Å². The van der Waals surface area contributed by atoms with Gasteiger partial charge in [0.1, 0.15) is 0 Å². The molecule has 0 aromatic heterocycles. The van der Waals surface area contributed by atoms with E-state index in [4.69, 9.17) is 12.3 Å². The lowest BCUT2D eigenvalue weighted by molar-refractivity contribution is 0.318. The largest absolute Gasteiger partial charge is 0.504 e. The van der Waals surface area contributed by atoms with Crippen LogP contribution in [0.1, 0.15) is 19.2 Å². The van der Waals surface area contributed by atoms with Crippen LogP contribution < -0.4 is 4.74 Å². The average molecular weight is 147 g/mol. The third-order valence-electron chi connectivity index (χ3n) is 0.788. The summed E-state index contributed by atoms with van der Waals surface area (Å²) in [4.78, 5) is 0. The summed E-state index contributed by atoms with van der Waals surface area (Å²) in [5.41, 5.74) is 0. The molecule has 0 aliphatic rings. The van der Waals surface area contributed by atoms with Crippen LogP contribution in [0.2, 0.25) is 0 Å². The van der Waals surface area contributed by atoms with Gasteiger partial charge in [-0.25, -0.2) is 0 Å². The van der Waals surface area contributed by atoms with E-state index >= 15 is 0 Å². The van der Waals surface area contributed by atoms with Gasteiger partial charge in [-0.1, -0.05) is 12.1 Å². The molecule has 54 valence electrons. The molecule has 1 aromatic rings. The van der Waals surface area contributed by atoms with Gasteiger partial charge >= 0.3 is 0 Å². The second-order valence-electron chi connectivity index (χ2n) is 1.38. The monoisotopic (exact) mass is 147 g/mol. The molecule has 2 heteroatoms. The van der Waals surface area contributed by atoms with Gasteiger partial charge in [0.05, 0.1) is 14.8 Å². The summed E-state index contributed by atoms with van der Waals surface area (Å²) in [7, 11) is 0. The zero-order valence-corrected chi connectivity index (χ0v) is 4.86. The van der Waals surface area contributed by atoms with Crippen molar-refractivity contribution in [1.29, 1.82) is 0 Å². The second-order valence-corrected chi connectivity index (χ2v) is 1.38. The van der Waals surface area contributed by atoms with Gasteiger partial charge in [-0.3, -0.25) is 0 Å². The third-order valence-corrected chi connectivity index (χ3v) is 0.788. The molecule has 0 amide bonds. The zero-order chi connectivity index (χ0) is 15.2. The van der Waals surface area contributed by atoms with Gasteiger partial charge in [-0.2, -0.15) is 0 Å². The molecule has 0 fully saturated rings. The quantitative estimate of drug-likeness (QED) is 0.691. The Kier molecular flexibility index (Phi) is 0.528. The van der Waals surface area contributed by atoms with Crippen LogP contribution >= 0.6 is 0 Å². The second kappa shape index (κ2) is 3.11. The normalized spacial score (nSPS) is 25.0. The van der Waals surface area contributed by atoms with Gasteiger partial charge in [-0.15, -0.1) is 0 Å². The van der Waals surface area contributed by atoms with Gasteiger partial charge in [0.25, 0.3) is 0 Å². The number of rotatable bonds is 2. The molecular weight excluding hydrogens is 128 g/mol. The molecule has 0 saturated heterocycles. The lowest BCUT2D eigenvalue weighted by Crippen LogP contribution is -1.90. The van der Waals surface area contributed by atoms with E-state index in [1.54, 1.807) is 0 Å². The van der Waals surface area contributed by atoms with Crippen LogP contribution in [0.3, 0.4) is 0 Å². The molecule has 0 bridgehead atoms. The van der Waals surface area contributed by atoms with E-state index in [9.17, 15) is 5.11 Å². The Hall–Kier alpha value is -1.18. The van der Waals surface area contributed by atoms with Crippen molar-refractivity contribution in [1.82, 2.24) is 0 Å². The Morgan fingerprint density at radius 3 is 3.40 bits per heavy atom. The van der Waals surface area contributed by atoms with Gasteiger partial charge in [0.2, 0.25) is 0 Å². The van der Waals surface area contributed by atoms with Crippen LogP contribution in [0.4, 0.5) is 0 Å². The average Bonchev–Trinajstić information content (AvgIpc) is 2.28. The molecule has 1 N–H and O–H groups in total. The fraction of sp³-hybridized carbons (Fsp3) is 0.250. The number of para-hydroxylation sites is 2. The summed E-state index contributed by atoms with van der Waals surface area (Å²) in [6.07, 6.45) is 0. The van der Waals surface area contributed by atoms with Crippen molar-refractivity contribution < 1.29 is 22.2 Å². The van der Waals surface area contributed by atoms with E-state index in [1.165, 1.54) is 0 Å². The highest BCUT2D eigenvalue weighted by Crippen LogP contribution is 2.23. The van der Waals surface area contributed by atoms with E-state index in [1.807, 2.05) is 0 Å². The van der Waals surface area contributed by atoms with Gasteiger partial charge < -0.3 is 9.84 Å². The van der Waals surface area contributed by atoms with Crippen molar-refractivity contribution in [2.24, 2.45) is 0 Å². The molecule has 0 heterocycles. The maximum atomic E-state index is 9.53. The molecule has 0 atom stereocenters. The van der Waals surface area contributed by atoms with Crippen molar-refractivity contribution in [3.05, 3.63) is 24.2 Å². The molecule has 2 nitrogen and oxygen atoms in total. The Labute approximate surface area is 72.7 Å². The maximum Gasteiger partial charge on any atom is 0.160 e. The highest BCUT2D eigenvalue weighted by molar-refractivity contribution is 5.37. The topological polar surface area (TPSA) is 29.5 Å². The van der Waals surface area contributed by atoms with Crippen molar-refractivity contribution in [3.8, 4) is 11.5 Å². The van der Waals surface area contributed by atoms with Crippen LogP contribution in [-0.2, 0) is 0 Å². The van der Waals surface area contributed by atoms with Gasteiger partial charge in [-0.05, 0) is 18.9 Å². The van der Waals surface area contributed by atoms with Crippen molar-refractivity contribution in [2.75, 3.05) is 6.56 Å². The van der Waals surface area contributed by atoms with Crippen molar-refractivity contribution in [3.63, 3.8) is 0 Å². The minimum Gasteiger partial charge on any atom is -0.504 e. The summed E-state index contributed by atoms with van der Waals surface area (Å²) >= 11 is 0. The van der Waals surface area contributed by atoms with Crippen LogP contribution in [0.15, 0.2) is 24.2 Å². The summed E-state index contributed by atoms with van der Waals surface area (Å²) in [5.74, 6) is -1.98. The van der Waals surface area contributed by atoms with Crippen LogP contribution in [-0.4, -0.2) is 11.7 Å². The molecule has 0 unspecified atom stereocenters. The van der Waals surface area contributed by atoms with E-state index in [2.05, 4.69) is 4.74 Å². The van der Waals surface area contributed by atoms with E-state index in [0.717, 1.165) is 0 Å². The van der Waals surface area contributed by atoms with Gasteiger partial charge in [0.15, 0.2) is 11.5 Å². The molecule has 10 heavy (non-hydrogen) atoms. The fourth-order valence-corrected chi connectivity index (χ4v) is 0.419. The zero-order valence-electron chi connectivity index (χ0n) is 13.9. The lowest BCUT2D eigenvalue weighted by Gasteiger charge is -2.02. The molecular formula is C8H10O2. The molecule has 1 rings (SSSR count). The van der Waals surface area contributed by atoms with Gasteiger partial charge in [0, 0.05) is 4.11 Å². The van der Waals surface area contributed by atoms with Crippen molar-refractivity contribution in [2.45, 2.75) is 6.85 Å². The minimum atomic E-state index is -3.21. The minimum absolute atomic E-state index is 0.732. The van der Waals surface area contributed by atoms with Crippen LogP contribution in [0.5, 0.6) is 11.5 Å². The fourth-order valence-electron chi connectivity index (χ4n) is 0.419. The van der Waals surface area contributed by atoms with E-state index in [0.29, 0.717) is 0 Å². The predicted molar refractivity (Wildman–Crippen MR) is 39.3 cm³/mol. The summed E-state index contributed by atoms with van der Waals surface area (Å²) < 4.78 is 69.0. The highest BCUT2D eigenvalue weighted by Gasteiger charge is 1.96. The standard InChI is InChI=1S/C8H10O2/c1-2-10-8-6-4-3-5-7(8)9/h3-6,9H,2H2,1H3/i1D3,2D2,3D,4D,5D,6D. The number of aromatic hydroxyl groups is 1. The Morgan fingerprint density at radius 1 is 1.80 bits per heavy atom. The van der Waals surface area contributed by atoms with E-state index in [-0.39, 0.29) is 0 Å². The number of hydrogen-bond acceptors (Lipinski definition) is 2. The number of hydrogen-bond donors (Lipinski definition) is 1. The van der Waals surface area contributed by atoms with E-state index < -0.39 is 49.1 Å². The number of benzene rings is 1. The SMILES string of the molecule is [2H]c1c([2H])c([2H])c(OC([2H])([2H])C([2H])([2H])[2H])c(O)c1[2H]. The number of phenolic OH excluding ortho intramolecular Hbond substituents is 1. The summed E-state index contributed by atoms with van der Waals surface area (Å²) in [6.45, 7) is -6.39. The molecule has 0 aliphatic carbocycles. The molecule has 0 radical (unpaired) electrons. The Morgan fingerprint density at radius 2 is 2.60 bits per heavy atom.